The van der Waals surface area contributed by atoms with E-state index in [9.17, 15) is 17.1 Å². The maximum atomic E-state index is 13.1. The molecule has 1 fully saturated rings. The molecule has 1 aliphatic rings. The molecule has 1 aromatic carbocycles. The zero-order chi connectivity index (χ0) is 19.7. The lowest BCUT2D eigenvalue weighted by Crippen LogP contribution is -2.50. The average molecular weight is 498 g/mol. The van der Waals surface area contributed by atoms with E-state index < -0.39 is 21.6 Å². The zero-order valence-electron chi connectivity index (χ0n) is 15.4. The van der Waals surface area contributed by atoms with E-state index in [1.54, 1.807) is 17.0 Å². The predicted molar refractivity (Wildman–Crippen MR) is 108 cm³/mol. The van der Waals surface area contributed by atoms with Gasteiger partial charge in [0.2, 0.25) is 0 Å². The van der Waals surface area contributed by atoms with Gasteiger partial charge < -0.3 is 14.5 Å². The highest BCUT2D eigenvalue weighted by molar-refractivity contribution is 14.1. The Bertz CT molecular complexity index is 785. The molecule has 0 radical (unpaired) electrons. The van der Waals surface area contributed by atoms with E-state index >= 15 is 0 Å². The minimum atomic E-state index is -4.58. The summed E-state index contributed by atoms with van der Waals surface area (Å²) in [6.45, 7) is 9.66. The van der Waals surface area contributed by atoms with Crippen molar-refractivity contribution in [1.29, 1.82) is 0 Å². The van der Waals surface area contributed by atoms with Gasteiger partial charge in [-0.1, -0.05) is 0 Å². The second-order valence-corrected chi connectivity index (χ2v) is 9.89. The first kappa shape index (κ1) is 21.2. The lowest BCUT2D eigenvalue weighted by atomic mass is 10.1. The molecule has 0 aromatic heterocycles. The maximum absolute atomic E-state index is 13.1. The molecule has 0 N–H and O–H groups in total. The number of hydrogen-bond acceptors (Lipinski definition) is 5. The summed E-state index contributed by atoms with van der Waals surface area (Å²) in [5.41, 5.74) is 1.77. The fraction of sp³-hybridized carbons (Fsp3) is 0.588. The van der Waals surface area contributed by atoms with Crippen LogP contribution >= 0.6 is 22.6 Å². The molecule has 146 valence electrons. The number of halogens is 2. The number of piperazine rings is 1. The molecule has 1 aliphatic heterocycles. The Labute approximate surface area is 168 Å². The summed E-state index contributed by atoms with van der Waals surface area (Å²) in [4.78, 5) is 15.9. The number of amides is 1. The van der Waals surface area contributed by atoms with Crippen molar-refractivity contribution in [3.8, 4) is 0 Å². The molecule has 1 saturated heterocycles. The number of carbonyl (C=O) groups excluding carboxylic acids is 1. The van der Waals surface area contributed by atoms with Crippen molar-refractivity contribution in [3.05, 3.63) is 26.8 Å². The van der Waals surface area contributed by atoms with Crippen molar-refractivity contribution in [3.63, 3.8) is 0 Å². The Morgan fingerprint density at radius 1 is 1.23 bits per heavy atom. The minimum absolute atomic E-state index is 0.333. The normalized spacial score (nSPS) is 15.9. The van der Waals surface area contributed by atoms with Crippen LogP contribution in [0, 0.1) is 10.5 Å². The Balaban J connectivity index is 2.12. The molecule has 9 heteroatoms. The highest BCUT2D eigenvalue weighted by Gasteiger charge is 2.27. The second-order valence-electron chi connectivity index (χ2n) is 7.36. The van der Waals surface area contributed by atoms with Gasteiger partial charge in [-0.25, -0.2) is 4.79 Å². The van der Waals surface area contributed by atoms with Gasteiger partial charge >= 0.3 is 16.3 Å². The van der Waals surface area contributed by atoms with Crippen LogP contribution in [0.2, 0.25) is 0 Å². The number of anilines is 1. The van der Waals surface area contributed by atoms with E-state index in [0.29, 0.717) is 31.7 Å². The summed E-state index contributed by atoms with van der Waals surface area (Å²) in [6.07, 6.45) is -0.333. The molecule has 1 amide bonds. The molecule has 0 unspecified atom stereocenters. The molecule has 26 heavy (non-hydrogen) atoms. The first-order valence-electron chi connectivity index (χ1n) is 8.30. The van der Waals surface area contributed by atoms with Gasteiger partial charge in [0.15, 0.2) is 0 Å². The zero-order valence-corrected chi connectivity index (χ0v) is 18.4. The molecule has 0 atom stereocenters. The number of carbonyl (C=O) groups is 1. The van der Waals surface area contributed by atoms with Crippen LogP contribution in [0.1, 0.15) is 31.9 Å². The maximum Gasteiger partial charge on any atom is 0.410 e. The number of ether oxygens (including phenoxy) is 1. The van der Waals surface area contributed by atoms with Gasteiger partial charge in [0.1, 0.15) is 11.4 Å². The Hall–Kier alpha value is -1.10. The van der Waals surface area contributed by atoms with Crippen molar-refractivity contribution < 1.29 is 21.8 Å². The smallest absolute Gasteiger partial charge is 0.410 e. The van der Waals surface area contributed by atoms with Crippen LogP contribution in [0.15, 0.2) is 12.1 Å². The third-order valence-electron chi connectivity index (χ3n) is 3.99. The van der Waals surface area contributed by atoms with Crippen molar-refractivity contribution in [2.45, 2.75) is 39.0 Å². The monoisotopic (exact) mass is 498 g/mol. The molecule has 2 rings (SSSR count). The fourth-order valence-electron chi connectivity index (χ4n) is 2.79. The molecule has 0 aliphatic carbocycles. The Morgan fingerprint density at radius 3 is 2.31 bits per heavy atom. The Morgan fingerprint density at radius 2 is 1.81 bits per heavy atom. The molecule has 0 saturated carbocycles. The molecule has 0 bridgehead atoms. The standard InChI is InChI=1S/C17H24FIN2O4S/c1-12-14(19)9-13(11-26(18,23)24)10-15(12)20-5-7-21(8-6-20)16(22)25-17(2,3)4/h9-10H,5-8,11H2,1-4H3. The van der Waals surface area contributed by atoms with E-state index in [0.717, 1.165) is 14.8 Å². The van der Waals surface area contributed by atoms with Crippen LogP contribution in [0.4, 0.5) is 14.4 Å². The molecule has 0 spiro atoms. The first-order chi connectivity index (χ1) is 11.9. The largest absolute Gasteiger partial charge is 0.444 e. The van der Waals surface area contributed by atoms with Crippen LogP contribution in [0.3, 0.4) is 0 Å². The van der Waals surface area contributed by atoms with Crippen LogP contribution in [-0.2, 0) is 20.7 Å². The van der Waals surface area contributed by atoms with Crippen LogP contribution in [-0.4, -0.2) is 51.2 Å². The predicted octanol–water partition coefficient (Wildman–Crippen LogP) is 3.46. The van der Waals surface area contributed by atoms with Crippen molar-refractivity contribution >= 4 is 44.6 Å². The molecule has 1 heterocycles. The Kier molecular flexibility index (Phi) is 6.42. The molecule has 6 nitrogen and oxygen atoms in total. The van der Waals surface area contributed by atoms with Gasteiger partial charge in [-0.15, -0.1) is 3.89 Å². The summed E-state index contributed by atoms with van der Waals surface area (Å²) in [6, 6.07) is 3.41. The number of nitrogens with zero attached hydrogens (tertiary/aromatic N) is 2. The second kappa shape index (κ2) is 7.87. The van der Waals surface area contributed by atoms with Crippen molar-refractivity contribution in [2.24, 2.45) is 0 Å². The van der Waals surface area contributed by atoms with Gasteiger partial charge in [0.05, 0.1) is 0 Å². The van der Waals surface area contributed by atoms with E-state index in [-0.39, 0.29) is 6.09 Å². The first-order valence-corrected chi connectivity index (χ1v) is 10.9. The topological polar surface area (TPSA) is 66.9 Å². The van der Waals surface area contributed by atoms with E-state index in [1.807, 2.05) is 27.7 Å². The molecular weight excluding hydrogens is 474 g/mol. The lowest BCUT2D eigenvalue weighted by Gasteiger charge is -2.37. The van der Waals surface area contributed by atoms with Gasteiger partial charge in [-0.3, -0.25) is 0 Å². The van der Waals surface area contributed by atoms with E-state index in [1.165, 1.54) is 0 Å². The summed E-state index contributed by atoms with van der Waals surface area (Å²) in [5.74, 6) is -0.631. The minimum Gasteiger partial charge on any atom is -0.444 e. The number of benzene rings is 1. The number of hydrogen-bond donors (Lipinski definition) is 0. The number of rotatable bonds is 3. The van der Waals surface area contributed by atoms with Gasteiger partial charge in [0.25, 0.3) is 0 Å². The highest BCUT2D eigenvalue weighted by atomic mass is 127. The van der Waals surface area contributed by atoms with Crippen LogP contribution < -0.4 is 4.90 Å². The highest BCUT2D eigenvalue weighted by Crippen LogP contribution is 2.29. The van der Waals surface area contributed by atoms with Crippen molar-refractivity contribution in [2.75, 3.05) is 31.1 Å². The SMILES string of the molecule is Cc1c(I)cc(CS(=O)(=O)F)cc1N1CCN(C(=O)OC(C)(C)C)CC1. The third kappa shape index (κ3) is 5.97. The van der Waals surface area contributed by atoms with Crippen LogP contribution in [0.5, 0.6) is 0 Å². The van der Waals surface area contributed by atoms with Crippen molar-refractivity contribution in [1.82, 2.24) is 4.90 Å². The third-order valence-corrected chi connectivity index (χ3v) is 5.79. The summed E-state index contributed by atoms with van der Waals surface area (Å²) in [7, 11) is -4.58. The molecular formula is C17H24FIN2O4S. The lowest BCUT2D eigenvalue weighted by molar-refractivity contribution is 0.0240. The summed E-state index contributed by atoms with van der Waals surface area (Å²) < 4.78 is 41.3. The van der Waals surface area contributed by atoms with E-state index in [4.69, 9.17) is 4.74 Å². The van der Waals surface area contributed by atoms with Gasteiger partial charge in [-0.2, -0.15) is 8.42 Å². The fourth-order valence-corrected chi connectivity index (χ4v) is 4.03. The summed E-state index contributed by atoms with van der Waals surface area (Å²) >= 11 is 2.12. The van der Waals surface area contributed by atoms with Gasteiger partial charge in [0, 0.05) is 35.4 Å². The summed E-state index contributed by atoms with van der Waals surface area (Å²) in [5, 5.41) is 0. The molecule has 1 aromatic rings. The quantitative estimate of drug-likeness (QED) is 0.472. The average Bonchev–Trinajstić information content (AvgIpc) is 2.47. The van der Waals surface area contributed by atoms with Gasteiger partial charge in [-0.05, 0) is 73.5 Å². The van der Waals surface area contributed by atoms with Crippen LogP contribution in [0.25, 0.3) is 0 Å². The van der Waals surface area contributed by atoms with E-state index in [2.05, 4.69) is 27.5 Å².